The first kappa shape index (κ1) is 15.9. The first-order chi connectivity index (χ1) is 10.0. The topological polar surface area (TPSA) is 47.0 Å². The number of nitrogens with zero attached hydrogens (tertiary/aromatic N) is 2. The van der Waals surface area contributed by atoms with Gasteiger partial charge in [-0.15, -0.1) is 11.3 Å². The number of ether oxygens (including phenoxy) is 1. The Morgan fingerprint density at radius 2 is 2.00 bits per heavy atom. The maximum absolute atomic E-state index is 5.73. The summed E-state index contributed by atoms with van der Waals surface area (Å²) in [7, 11) is 0. The third kappa shape index (κ3) is 5.10. The molecule has 0 aliphatic carbocycles. The van der Waals surface area contributed by atoms with E-state index < -0.39 is 0 Å². The number of rotatable bonds is 7. The van der Waals surface area contributed by atoms with Crippen LogP contribution >= 0.6 is 11.3 Å². The van der Waals surface area contributed by atoms with E-state index in [1.54, 1.807) is 17.5 Å². The predicted molar refractivity (Wildman–Crippen MR) is 86.7 cm³/mol. The summed E-state index contributed by atoms with van der Waals surface area (Å²) in [6.07, 6.45) is 1.77. The number of hydrogen-bond donors (Lipinski definition) is 1. The van der Waals surface area contributed by atoms with Crippen molar-refractivity contribution in [3.8, 4) is 5.75 Å². The first-order valence-electron chi connectivity index (χ1n) is 7.30. The van der Waals surface area contributed by atoms with Gasteiger partial charge in [-0.25, -0.2) is 4.98 Å². The zero-order chi connectivity index (χ0) is 15.2. The quantitative estimate of drug-likeness (QED) is 0.846. The van der Waals surface area contributed by atoms with Crippen molar-refractivity contribution in [3.05, 3.63) is 40.1 Å². The summed E-state index contributed by atoms with van der Waals surface area (Å²) in [6.45, 7) is 9.82. The van der Waals surface area contributed by atoms with Crippen LogP contribution in [0, 0.1) is 0 Å². The van der Waals surface area contributed by atoms with Crippen molar-refractivity contribution in [2.75, 3.05) is 0 Å². The zero-order valence-corrected chi connectivity index (χ0v) is 13.9. The third-order valence-electron chi connectivity index (χ3n) is 2.94. The van der Waals surface area contributed by atoms with Gasteiger partial charge in [-0.1, -0.05) is 27.7 Å². The number of pyridine rings is 1. The number of nitrogens with one attached hydrogen (secondary N) is 1. The molecule has 0 radical (unpaired) electrons. The molecule has 114 valence electrons. The van der Waals surface area contributed by atoms with Crippen LogP contribution in [0.5, 0.6) is 5.75 Å². The van der Waals surface area contributed by atoms with Crippen molar-refractivity contribution in [1.29, 1.82) is 0 Å². The minimum Gasteiger partial charge on any atom is -0.486 e. The molecule has 0 spiro atoms. The van der Waals surface area contributed by atoms with Crippen molar-refractivity contribution in [1.82, 2.24) is 15.3 Å². The molecule has 0 unspecified atom stereocenters. The van der Waals surface area contributed by atoms with Gasteiger partial charge in [-0.2, -0.15) is 0 Å². The van der Waals surface area contributed by atoms with Gasteiger partial charge in [0.2, 0.25) is 0 Å². The summed E-state index contributed by atoms with van der Waals surface area (Å²) < 4.78 is 5.73. The van der Waals surface area contributed by atoms with Crippen molar-refractivity contribution in [2.24, 2.45) is 0 Å². The van der Waals surface area contributed by atoms with Crippen molar-refractivity contribution in [3.63, 3.8) is 0 Å². The van der Waals surface area contributed by atoms with E-state index in [0.717, 1.165) is 28.7 Å². The molecule has 0 amide bonds. The summed E-state index contributed by atoms with van der Waals surface area (Å²) in [5.74, 6) is 1.25. The lowest BCUT2D eigenvalue weighted by Crippen LogP contribution is -2.22. The zero-order valence-electron chi connectivity index (χ0n) is 13.1. The molecule has 0 atom stereocenters. The van der Waals surface area contributed by atoms with E-state index in [1.807, 2.05) is 12.1 Å². The molecule has 0 fully saturated rings. The predicted octanol–water partition coefficient (Wildman–Crippen LogP) is 3.74. The molecular weight excluding hydrogens is 282 g/mol. The molecule has 0 bridgehead atoms. The summed E-state index contributed by atoms with van der Waals surface area (Å²) in [5, 5.41) is 6.55. The van der Waals surface area contributed by atoms with E-state index in [1.165, 1.54) is 0 Å². The number of hydrogen-bond acceptors (Lipinski definition) is 5. The van der Waals surface area contributed by atoms with Crippen molar-refractivity contribution >= 4 is 11.3 Å². The van der Waals surface area contributed by atoms with Crippen LogP contribution in [-0.2, 0) is 13.2 Å². The molecule has 4 nitrogen and oxygen atoms in total. The van der Waals surface area contributed by atoms with Crippen molar-refractivity contribution in [2.45, 2.75) is 52.8 Å². The molecule has 2 heterocycles. The number of aromatic nitrogens is 2. The Morgan fingerprint density at radius 3 is 2.57 bits per heavy atom. The molecule has 0 saturated carbocycles. The Bertz CT molecular complexity index is 549. The Hall–Kier alpha value is -1.46. The highest BCUT2D eigenvalue weighted by atomic mass is 32.1. The number of thiazole rings is 1. The lowest BCUT2D eigenvalue weighted by molar-refractivity contribution is 0.300. The molecule has 2 aromatic rings. The Morgan fingerprint density at radius 1 is 1.19 bits per heavy atom. The van der Waals surface area contributed by atoms with Gasteiger partial charge in [0.1, 0.15) is 12.4 Å². The van der Waals surface area contributed by atoms with Crippen LogP contribution in [0.4, 0.5) is 0 Å². The van der Waals surface area contributed by atoms with Gasteiger partial charge in [0.25, 0.3) is 0 Å². The van der Waals surface area contributed by atoms with E-state index in [-0.39, 0.29) is 0 Å². The highest BCUT2D eigenvalue weighted by molar-refractivity contribution is 7.09. The van der Waals surface area contributed by atoms with Crippen LogP contribution < -0.4 is 10.1 Å². The van der Waals surface area contributed by atoms with Crippen LogP contribution in [0.3, 0.4) is 0 Å². The molecule has 2 rings (SSSR count). The van der Waals surface area contributed by atoms with Gasteiger partial charge < -0.3 is 10.1 Å². The third-order valence-corrected chi connectivity index (χ3v) is 4.13. The van der Waals surface area contributed by atoms with Crippen LogP contribution in [0.15, 0.2) is 23.7 Å². The summed E-state index contributed by atoms with van der Waals surface area (Å²) in [5.41, 5.74) is 2.00. The van der Waals surface area contributed by atoms with Crippen LogP contribution in [0.2, 0.25) is 0 Å². The average molecular weight is 305 g/mol. The SMILES string of the molecule is CC(C)NCc1ccc(OCc2csc(C(C)C)n2)cn1. The van der Waals surface area contributed by atoms with E-state index in [0.29, 0.717) is 18.6 Å². The summed E-state index contributed by atoms with van der Waals surface area (Å²) in [4.78, 5) is 8.95. The molecule has 5 heteroatoms. The maximum Gasteiger partial charge on any atom is 0.138 e. The molecule has 1 N–H and O–H groups in total. The monoisotopic (exact) mass is 305 g/mol. The minimum atomic E-state index is 0.461. The Kier molecular flexibility index (Phi) is 5.70. The fourth-order valence-electron chi connectivity index (χ4n) is 1.72. The normalized spacial score (nSPS) is 11.3. The van der Waals surface area contributed by atoms with Gasteiger partial charge in [-0.3, -0.25) is 4.98 Å². The van der Waals surface area contributed by atoms with Gasteiger partial charge in [-0.05, 0) is 12.1 Å². The fourth-order valence-corrected chi connectivity index (χ4v) is 2.54. The van der Waals surface area contributed by atoms with E-state index >= 15 is 0 Å². The standard InChI is InChI=1S/C16H23N3OS/c1-11(2)16-19-14(10-21-16)9-20-15-6-5-13(18-8-15)7-17-12(3)4/h5-6,8,10-12,17H,7,9H2,1-4H3. The molecule has 21 heavy (non-hydrogen) atoms. The molecule has 0 aromatic carbocycles. The largest absolute Gasteiger partial charge is 0.486 e. The summed E-state index contributed by atoms with van der Waals surface area (Å²) in [6, 6.07) is 4.41. The first-order valence-corrected chi connectivity index (χ1v) is 8.18. The second-order valence-corrected chi connectivity index (χ2v) is 6.53. The van der Waals surface area contributed by atoms with Gasteiger partial charge in [0, 0.05) is 23.9 Å². The molecule has 0 aliphatic heterocycles. The molecule has 0 saturated heterocycles. The highest BCUT2D eigenvalue weighted by Gasteiger charge is 2.06. The fraction of sp³-hybridized carbons (Fsp3) is 0.500. The van der Waals surface area contributed by atoms with Crippen LogP contribution in [0.25, 0.3) is 0 Å². The lowest BCUT2D eigenvalue weighted by Gasteiger charge is -2.08. The lowest BCUT2D eigenvalue weighted by atomic mass is 10.2. The Labute approximate surface area is 130 Å². The second kappa shape index (κ2) is 7.52. The second-order valence-electron chi connectivity index (χ2n) is 5.64. The molecular formula is C16H23N3OS. The van der Waals surface area contributed by atoms with E-state index in [4.69, 9.17) is 4.74 Å². The smallest absolute Gasteiger partial charge is 0.138 e. The minimum absolute atomic E-state index is 0.461. The maximum atomic E-state index is 5.73. The Balaban J connectivity index is 1.85. The van der Waals surface area contributed by atoms with Crippen molar-refractivity contribution < 1.29 is 4.74 Å². The van der Waals surface area contributed by atoms with Gasteiger partial charge in [0.15, 0.2) is 0 Å². The highest BCUT2D eigenvalue weighted by Crippen LogP contribution is 2.20. The van der Waals surface area contributed by atoms with Crippen LogP contribution in [0.1, 0.15) is 50.0 Å². The van der Waals surface area contributed by atoms with E-state index in [9.17, 15) is 0 Å². The molecule has 2 aromatic heterocycles. The molecule has 0 aliphatic rings. The van der Waals surface area contributed by atoms with Crippen LogP contribution in [-0.4, -0.2) is 16.0 Å². The average Bonchev–Trinajstić information content (AvgIpc) is 2.93. The van der Waals surface area contributed by atoms with E-state index in [2.05, 4.69) is 48.4 Å². The summed E-state index contributed by atoms with van der Waals surface area (Å²) >= 11 is 1.69. The van der Waals surface area contributed by atoms with Gasteiger partial charge in [0.05, 0.1) is 22.6 Å². The van der Waals surface area contributed by atoms with Gasteiger partial charge >= 0.3 is 0 Å².